The Labute approximate surface area is 156 Å². The fraction of sp³-hybridized carbons (Fsp3) is 0.700. The van der Waals surface area contributed by atoms with Gasteiger partial charge in [-0.05, 0) is 28.7 Å². The highest BCUT2D eigenvalue weighted by Crippen LogP contribution is 2.51. The molecule has 0 radical (unpaired) electrons. The van der Waals surface area contributed by atoms with Crippen molar-refractivity contribution in [1.82, 2.24) is 0 Å². The Hall–Kier alpha value is -1.24. The van der Waals surface area contributed by atoms with Crippen molar-refractivity contribution in [2.45, 2.75) is 78.3 Å². The predicted octanol–water partition coefficient (Wildman–Crippen LogP) is 6.95. The molecule has 0 aliphatic carbocycles. The van der Waals surface area contributed by atoms with E-state index in [2.05, 4.69) is 13.8 Å². The van der Waals surface area contributed by atoms with Crippen molar-refractivity contribution in [3.63, 3.8) is 0 Å². The zero-order valence-corrected chi connectivity index (χ0v) is 16.5. The van der Waals surface area contributed by atoms with Crippen molar-refractivity contribution in [3.05, 3.63) is 35.4 Å². The van der Waals surface area contributed by atoms with E-state index >= 15 is 0 Å². The minimum atomic E-state index is -5.87. The number of hydrogen-bond donors (Lipinski definition) is 1. The molecule has 0 saturated heterocycles. The molecule has 0 fully saturated rings. The van der Waals surface area contributed by atoms with E-state index in [1.807, 2.05) is 27.7 Å². The number of halogens is 6. The van der Waals surface area contributed by atoms with Crippen molar-refractivity contribution < 1.29 is 31.4 Å². The van der Waals surface area contributed by atoms with Gasteiger partial charge in [-0.3, -0.25) is 0 Å². The topological polar surface area (TPSA) is 20.2 Å². The van der Waals surface area contributed by atoms with Gasteiger partial charge in [0.2, 0.25) is 0 Å². The Kier molecular flexibility index (Phi) is 6.43. The first-order valence-electron chi connectivity index (χ1n) is 8.83. The summed E-state index contributed by atoms with van der Waals surface area (Å²) in [5.74, 6) is -0.0635. The maximum absolute atomic E-state index is 13.0. The molecule has 1 atom stereocenters. The van der Waals surface area contributed by atoms with Gasteiger partial charge in [0, 0.05) is 5.56 Å². The largest absolute Gasteiger partial charge is 0.430 e. The molecule has 0 aliphatic heterocycles. The second-order valence-electron chi connectivity index (χ2n) is 8.97. The van der Waals surface area contributed by atoms with E-state index in [1.165, 1.54) is 12.1 Å². The van der Waals surface area contributed by atoms with E-state index in [0.29, 0.717) is 5.56 Å². The molecule has 0 spiro atoms. The van der Waals surface area contributed by atoms with Crippen LogP contribution in [0.25, 0.3) is 0 Å². The highest BCUT2D eigenvalue weighted by Gasteiger charge is 2.71. The number of aliphatic hydroxyl groups is 1. The standard InChI is InChI=1S/C20H28F6O/c1-7-17(5,6)12-15(16(2,3)4)13-8-10-14(11-9-13)18(27,19(21,22)23)20(24,25)26/h8-11,15,27H,7,12H2,1-6H3. The van der Waals surface area contributed by atoms with E-state index < -0.39 is 23.5 Å². The van der Waals surface area contributed by atoms with Crippen molar-refractivity contribution >= 4 is 0 Å². The number of benzene rings is 1. The molecular formula is C20H28F6O. The first-order chi connectivity index (χ1) is 11.9. The maximum atomic E-state index is 13.0. The van der Waals surface area contributed by atoms with Crippen LogP contribution < -0.4 is 0 Å². The van der Waals surface area contributed by atoms with E-state index in [9.17, 15) is 31.4 Å². The van der Waals surface area contributed by atoms with Crippen molar-refractivity contribution in [2.24, 2.45) is 10.8 Å². The van der Waals surface area contributed by atoms with E-state index in [1.54, 1.807) is 0 Å². The van der Waals surface area contributed by atoms with Crippen LogP contribution in [0.4, 0.5) is 26.3 Å². The minimum Gasteiger partial charge on any atom is -0.369 e. The van der Waals surface area contributed by atoms with Crippen LogP contribution in [0.15, 0.2) is 24.3 Å². The quantitative estimate of drug-likeness (QED) is 0.532. The third-order valence-electron chi connectivity index (χ3n) is 5.31. The van der Waals surface area contributed by atoms with Crippen LogP contribution in [0.3, 0.4) is 0 Å². The molecule has 1 unspecified atom stereocenters. The molecule has 7 heteroatoms. The minimum absolute atomic E-state index is 0.0324. The molecule has 1 aromatic rings. The molecule has 1 nitrogen and oxygen atoms in total. The highest BCUT2D eigenvalue weighted by atomic mass is 19.4. The maximum Gasteiger partial charge on any atom is 0.430 e. The Balaban J connectivity index is 3.40. The summed E-state index contributed by atoms with van der Waals surface area (Å²) in [5.41, 5.74) is -5.74. The molecule has 0 amide bonds. The van der Waals surface area contributed by atoms with Crippen LogP contribution >= 0.6 is 0 Å². The first-order valence-corrected chi connectivity index (χ1v) is 8.83. The summed E-state index contributed by atoms with van der Waals surface area (Å²) in [4.78, 5) is 0. The molecule has 27 heavy (non-hydrogen) atoms. The SMILES string of the molecule is CCC(C)(C)CC(c1ccc(C(O)(C(F)(F)F)C(F)(F)F)cc1)C(C)(C)C. The average molecular weight is 398 g/mol. The summed E-state index contributed by atoms with van der Waals surface area (Å²) < 4.78 is 78.2. The molecule has 1 aromatic carbocycles. The smallest absolute Gasteiger partial charge is 0.369 e. The third-order valence-corrected chi connectivity index (χ3v) is 5.31. The van der Waals surface area contributed by atoms with Gasteiger partial charge in [-0.15, -0.1) is 0 Å². The lowest BCUT2D eigenvalue weighted by atomic mass is 9.68. The highest BCUT2D eigenvalue weighted by molar-refractivity contribution is 5.32. The summed E-state index contributed by atoms with van der Waals surface area (Å²) in [7, 11) is 0. The van der Waals surface area contributed by atoms with Crippen LogP contribution in [0.1, 0.15) is 71.4 Å². The summed E-state index contributed by atoms with van der Waals surface area (Å²) in [6, 6.07) is 3.99. The normalized spacial score (nSPS) is 15.7. The van der Waals surface area contributed by atoms with E-state index in [-0.39, 0.29) is 16.7 Å². The Bertz CT molecular complexity index is 606. The van der Waals surface area contributed by atoms with Crippen molar-refractivity contribution in [3.8, 4) is 0 Å². The van der Waals surface area contributed by atoms with Crippen LogP contribution in [-0.4, -0.2) is 17.5 Å². The van der Waals surface area contributed by atoms with Crippen LogP contribution in [-0.2, 0) is 5.60 Å². The summed E-state index contributed by atoms with van der Waals surface area (Å²) in [6.45, 7) is 12.1. The second-order valence-corrected chi connectivity index (χ2v) is 8.97. The summed E-state index contributed by atoms with van der Waals surface area (Å²) in [6.07, 6.45) is -10.1. The first kappa shape index (κ1) is 23.8. The van der Waals surface area contributed by atoms with Gasteiger partial charge in [0.1, 0.15) is 0 Å². The fourth-order valence-electron chi connectivity index (χ4n) is 3.07. The predicted molar refractivity (Wildman–Crippen MR) is 93.3 cm³/mol. The molecule has 1 N–H and O–H groups in total. The van der Waals surface area contributed by atoms with E-state index in [0.717, 1.165) is 25.0 Å². The third kappa shape index (κ3) is 4.98. The lowest BCUT2D eigenvalue weighted by Crippen LogP contribution is -2.53. The van der Waals surface area contributed by atoms with Gasteiger partial charge in [-0.25, -0.2) is 0 Å². The fourth-order valence-corrected chi connectivity index (χ4v) is 3.07. The Morgan fingerprint density at radius 3 is 1.52 bits per heavy atom. The molecule has 156 valence electrons. The summed E-state index contributed by atoms with van der Waals surface area (Å²) in [5, 5.41) is 9.52. The molecular weight excluding hydrogens is 370 g/mol. The molecule has 0 aliphatic rings. The summed E-state index contributed by atoms with van der Waals surface area (Å²) >= 11 is 0. The number of alkyl halides is 6. The van der Waals surface area contributed by atoms with Gasteiger partial charge in [-0.1, -0.05) is 72.2 Å². The van der Waals surface area contributed by atoms with E-state index in [4.69, 9.17) is 0 Å². The van der Waals surface area contributed by atoms with Crippen LogP contribution in [0, 0.1) is 10.8 Å². The Morgan fingerprint density at radius 1 is 0.815 bits per heavy atom. The monoisotopic (exact) mass is 398 g/mol. The van der Waals surface area contributed by atoms with Gasteiger partial charge < -0.3 is 5.11 Å². The molecule has 0 heterocycles. The van der Waals surface area contributed by atoms with Gasteiger partial charge in [0.05, 0.1) is 0 Å². The molecule has 1 rings (SSSR count). The van der Waals surface area contributed by atoms with Crippen LogP contribution in [0.5, 0.6) is 0 Å². The van der Waals surface area contributed by atoms with Gasteiger partial charge >= 0.3 is 12.4 Å². The van der Waals surface area contributed by atoms with Crippen LogP contribution in [0.2, 0.25) is 0 Å². The zero-order chi connectivity index (χ0) is 21.5. The zero-order valence-electron chi connectivity index (χ0n) is 16.5. The van der Waals surface area contributed by atoms with Crippen molar-refractivity contribution in [2.75, 3.05) is 0 Å². The number of hydrogen-bond acceptors (Lipinski definition) is 1. The van der Waals surface area contributed by atoms with Crippen molar-refractivity contribution in [1.29, 1.82) is 0 Å². The lowest BCUT2D eigenvalue weighted by molar-refractivity contribution is -0.376. The number of rotatable bonds is 5. The van der Waals surface area contributed by atoms with Gasteiger partial charge in [0.25, 0.3) is 5.60 Å². The van der Waals surface area contributed by atoms with Gasteiger partial charge in [-0.2, -0.15) is 26.3 Å². The molecule has 0 aromatic heterocycles. The lowest BCUT2D eigenvalue weighted by Gasteiger charge is -2.38. The van der Waals surface area contributed by atoms with Gasteiger partial charge in [0.15, 0.2) is 0 Å². The molecule has 0 saturated carbocycles. The molecule has 0 bridgehead atoms. The Morgan fingerprint density at radius 2 is 1.22 bits per heavy atom. The second kappa shape index (κ2) is 7.30. The average Bonchev–Trinajstić information content (AvgIpc) is 2.49.